The number of rotatable bonds is 5. The molecule has 0 aliphatic carbocycles. The Kier molecular flexibility index (Phi) is 4.93. The molecule has 1 aromatic rings. The Hall–Kier alpha value is -1.39. The van der Waals surface area contributed by atoms with Crippen LogP contribution in [-0.2, 0) is 4.79 Å². The number of nitrogens with zero attached hydrogens (tertiary/aromatic N) is 2. The van der Waals surface area contributed by atoms with Crippen LogP contribution < -0.4 is 5.73 Å². The maximum atomic E-state index is 11.6. The maximum Gasteiger partial charge on any atom is 0.229 e. The van der Waals surface area contributed by atoms with Crippen molar-refractivity contribution in [1.29, 1.82) is 0 Å². The van der Waals surface area contributed by atoms with Gasteiger partial charge >= 0.3 is 0 Å². The van der Waals surface area contributed by atoms with Gasteiger partial charge in [0.25, 0.3) is 0 Å². The van der Waals surface area contributed by atoms with E-state index in [-0.39, 0.29) is 5.91 Å². The molecule has 0 bridgehead atoms. The number of likely N-dealkylation sites (N-methyl/N-ethyl adjacent to an activating group) is 1. The van der Waals surface area contributed by atoms with Crippen LogP contribution in [0, 0.1) is 5.92 Å². The second-order valence-corrected chi connectivity index (χ2v) is 5.10. The highest BCUT2D eigenvalue weighted by molar-refractivity contribution is 5.92. The summed E-state index contributed by atoms with van der Waals surface area (Å²) in [4.78, 5) is 16.3. The summed E-state index contributed by atoms with van der Waals surface area (Å²) >= 11 is 0. The van der Waals surface area contributed by atoms with Crippen LogP contribution in [0.1, 0.15) is 12.0 Å². The van der Waals surface area contributed by atoms with Crippen LogP contribution in [0.15, 0.2) is 30.3 Å². The lowest BCUT2D eigenvalue weighted by molar-refractivity contribution is -0.116. The predicted molar refractivity (Wildman–Crippen MR) is 76.5 cm³/mol. The molecule has 1 amide bonds. The van der Waals surface area contributed by atoms with Crippen LogP contribution in [0.5, 0.6) is 0 Å². The molecular weight excluding hydrogens is 238 g/mol. The standard InChI is InChI=1S/C15H22N3O/c1-17-9-11-18(12-10-17)8-7-14(15(16)19)13-5-3-2-4-6-13/h2-6H,7-12H2,1H3,(H2,16,19). The van der Waals surface area contributed by atoms with E-state index < -0.39 is 0 Å². The summed E-state index contributed by atoms with van der Waals surface area (Å²) in [5, 5.41) is 0. The highest BCUT2D eigenvalue weighted by atomic mass is 16.1. The van der Waals surface area contributed by atoms with E-state index >= 15 is 0 Å². The van der Waals surface area contributed by atoms with Gasteiger partial charge in [0.1, 0.15) is 0 Å². The van der Waals surface area contributed by atoms with Crippen molar-refractivity contribution in [3.63, 3.8) is 0 Å². The van der Waals surface area contributed by atoms with Crippen LogP contribution in [-0.4, -0.2) is 55.5 Å². The first-order valence-corrected chi connectivity index (χ1v) is 6.79. The normalized spacial score (nSPS) is 17.8. The Morgan fingerprint density at radius 2 is 1.79 bits per heavy atom. The van der Waals surface area contributed by atoms with E-state index in [9.17, 15) is 4.79 Å². The van der Waals surface area contributed by atoms with Crippen molar-refractivity contribution in [2.45, 2.75) is 6.42 Å². The largest absolute Gasteiger partial charge is 0.369 e. The fraction of sp³-hybridized carbons (Fsp3) is 0.467. The third-order valence-corrected chi connectivity index (χ3v) is 3.69. The molecule has 19 heavy (non-hydrogen) atoms. The van der Waals surface area contributed by atoms with E-state index in [1.165, 1.54) is 0 Å². The lowest BCUT2D eigenvalue weighted by atomic mass is 9.95. The molecule has 1 heterocycles. The van der Waals surface area contributed by atoms with Crippen LogP contribution in [0.2, 0.25) is 0 Å². The number of piperazine rings is 1. The van der Waals surface area contributed by atoms with E-state index in [4.69, 9.17) is 5.73 Å². The van der Waals surface area contributed by atoms with Gasteiger partial charge in [-0.25, -0.2) is 0 Å². The predicted octanol–water partition coefficient (Wildman–Crippen LogP) is 0.732. The number of benzene rings is 1. The number of carbonyl (C=O) groups is 1. The summed E-state index contributed by atoms with van der Waals surface area (Å²) in [6.45, 7) is 5.23. The van der Waals surface area contributed by atoms with Crippen LogP contribution in [0.25, 0.3) is 0 Å². The average Bonchev–Trinajstić information content (AvgIpc) is 2.42. The molecular formula is C15H22N3O. The third-order valence-electron chi connectivity index (χ3n) is 3.69. The molecule has 4 heteroatoms. The summed E-state index contributed by atoms with van der Waals surface area (Å²) in [6.07, 6.45) is 0.725. The van der Waals surface area contributed by atoms with Gasteiger partial charge in [0.2, 0.25) is 5.91 Å². The number of amides is 1. The minimum atomic E-state index is -0.305. The summed E-state index contributed by atoms with van der Waals surface area (Å²) in [5.41, 5.74) is 6.45. The molecule has 4 nitrogen and oxygen atoms in total. The van der Waals surface area contributed by atoms with Crippen molar-refractivity contribution in [2.24, 2.45) is 5.73 Å². The van der Waals surface area contributed by atoms with Crippen molar-refractivity contribution in [3.05, 3.63) is 41.8 Å². The molecule has 0 saturated carbocycles. The zero-order valence-electron chi connectivity index (χ0n) is 11.5. The van der Waals surface area contributed by atoms with Gasteiger partial charge < -0.3 is 15.5 Å². The topological polar surface area (TPSA) is 49.6 Å². The van der Waals surface area contributed by atoms with Gasteiger partial charge in [-0.3, -0.25) is 4.79 Å². The van der Waals surface area contributed by atoms with Gasteiger partial charge in [0.15, 0.2) is 0 Å². The van der Waals surface area contributed by atoms with E-state index in [1.54, 1.807) is 0 Å². The van der Waals surface area contributed by atoms with E-state index in [0.717, 1.165) is 50.6 Å². The van der Waals surface area contributed by atoms with Gasteiger partial charge in [-0.2, -0.15) is 0 Å². The van der Waals surface area contributed by atoms with Crippen molar-refractivity contribution < 1.29 is 4.79 Å². The minimum absolute atomic E-state index is 0.305. The minimum Gasteiger partial charge on any atom is -0.369 e. The fourth-order valence-electron chi connectivity index (χ4n) is 2.39. The summed E-state index contributed by atoms with van der Waals surface area (Å²) in [7, 11) is 2.14. The quantitative estimate of drug-likeness (QED) is 0.849. The zero-order valence-corrected chi connectivity index (χ0v) is 11.5. The molecule has 0 spiro atoms. The molecule has 1 aromatic carbocycles. The van der Waals surface area contributed by atoms with Gasteiger partial charge in [-0.1, -0.05) is 30.3 Å². The van der Waals surface area contributed by atoms with Crippen LogP contribution in [0.4, 0.5) is 0 Å². The molecule has 2 N–H and O–H groups in total. The van der Waals surface area contributed by atoms with Crippen molar-refractivity contribution in [2.75, 3.05) is 39.8 Å². The number of nitrogens with two attached hydrogens (primary N) is 1. The highest BCUT2D eigenvalue weighted by Crippen LogP contribution is 2.18. The van der Waals surface area contributed by atoms with Crippen LogP contribution >= 0.6 is 0 Å². The summed E-state index contributed by atoms with van der Waals surface area (Å²) < 4.78 is 0. The molecule has 1 fully saturated rings. The summed E-state index contributed by atoms with van der Waals surface area (Å²) in [6, 6.07) is 9.72. The van der Waals surface area contributed by atoms with E-state index in [0.29, 0.717) is 0 Å². The molecule has 103 valence electrons. The number of carbonyl (C=O) groups excluding carboxylic acids is 1. The smallest absolute Gasteiger partial charge is 0.229 e. The number of primary amides is 1. The van der Waals surface area contributed by atoms with E-state index in [2.05, 4.69) is 16.8 Å². The lowest BCUT2D eigenvalue weighted by Crippen LogP contribution is -2.45. The lowest BCUT2D eigenvalue weighted by Gasteiger charge is -2.32. The Morgan fingerprint density at radius 3 is 2.37 bits per heavy atom. The van der Waals surface area contributed by atoms with Crippen LogP contribution in [0.3, 0.4) is 0 Å². The molecule has 0 aromatic heterocycles. The SMILES string of the molecule is CN1CCN(CC[C](C(N)=O)c2ccccc2)CC1. The molecule has 1 saturated heterocycles. The first-order valence-electron chi connectivity index (χ1n) is 6.79. The van der Waals surface area contributed by atoms with E-state index in [1.807, 2.05) is 30.3 Å². The van der Waals surface area contributed by atoms with Gasteiger partial charge in [0, 0.05) is 26.2 Å². The monoisotopic (exact) mass is 260 g/mol. The van der Waals surface area contributed by atoms with Crippen molar-refractivity contribution in [3.8, 4) is 0 Å². The zero-order chi connectivity index (χ0) is 13.7. The fourth-order valence-corrected chi connectivity index (χ4v) is 2.39. The number of hydrogen-bond acceptors (Lipinski definition) is 3. The first kappa shape index (κ1) is 14.0. The highest BCUT2D eigenvalue weighted by Gasteiger charge is 2.21. The third kappa shape index (κ3) is 4.04. The molecule has 1 radical (unpaired) electrons. The Bertz CT molecular complexity index is 399. The maximum absolute atomic E-state index is 11.6. The first-order chi connectivity index (χ1) is 9.16. The molecule has 1 aliphatic rings. The Labute approximate surface area is 115 Å². The Balaban J connectivity index is 1.90. The Morgan fingerprint density at radius 1 is 1.16 bits per heavy atom. The average molecular weight is 260 g/mol. The summed E-state index contributed by atoms with van der Waals surface area (Å²) in [5.74, 6) is 0.430. The van der Waals surface area contributed by atoms with Gasteiger partial charge in [-0.05, 0) is 25.6 Å². The number of hydrogen-bond donors (Lipinski definition) is 1. The molecule has 2 rings (SSSR count). The molecule has 1 aliphatic heterocycles. The second kappa shape index (κ2) is 6.68. The van der Waals surface area contributed by atoms with Crippen molar-refractivity contribution >= 4 is 5.91 Å². The van der Waals surface area contributed by atoms with Gasteiger partial charge in [0.05, 0.1) is 5.92 Å². The van der Waals surface area contributed by atoms with Crippen molar-refractivity contribution in [1.82, 2.24) is 9.80 Å². The van der Waals surface area contributed by atoms with Gasteiger partial charge in [-0.15, -0.1) is 0 Å². The molecule has 0 atom stereocenters. The molecule has 0 unspecified atom stereocenters. The second-order valence-electron chi connectivity index (χ2n) is 5.10.